The largest absolute Gasteiger partial charge is 0.349 e. The van der Waals surface area contributed by atoms with Crippen molar-refractivity contribution in [3.63, 3.8) is 0 Å². The molecule has 0 radical (unpaired) electrons. The average molecular weight is 324 g/mol. The van der Waals surface area contributed by atoms with Crippen LogP contribution in [0.25, 0.3) is 11.0 Å². The molecule has 1 amide bonds. The molecule has 3 aliphatic rings. The van der Waals surface area contributed by atoms with Crippen LogP contribution in [-0.4, -0.2) is 45.4 Å². The fraction of sp³-hybridized carbons (Fsp3) is 0.579. The van der Waals surface area contributed by atoms with Gasteiger partial charge >= 0.3 is 0 Å². The van der Waals surface area contributed by atoms with Crippen molar-refractivity contribution in [2.45, 2.75) is 56.7 Å². The Labute approximate surface area is 141 Å². The van der Waals surface area contributed by atoms with E-state index in [-0.39, 0.29) is 5.91 Å². The molecule has 3 fully saturated rings. The molecule has 5 heteroatoms. The first-order chi connectivity index (χ1) is 11.8. The fourth-order valence-corrected chi connectivity index (χ4v) is 4.70. The maximum Gasteiger partial charge on any atom is 0.253 e. The highest BCUT2D eigenvalue weighted by atomic mass is 16.1. The third-order valence-corrected chi connectivity index (χ3v) is 6.08. The molecular formula is C19H24N4O. The van der Waals surface area contributed by atoms with E-state index in [1.54, 1.807) is 12.4 Å². The second-order valence-electron chi connectivity index (χ2n) is 7.77. The van der Waals surface area contributed by atoms with Gasteiger partial charge in [-0.3, -0.25) is 9.69 Å². The van der Waals surface area contributed by atoms with Gasteiger partial charge in [0.15, 0.2) is 0 Å². The van der Waals surface area contributed by atoms with E-state index in [9.17, 15) is 4.79 Å². The first-order valence-corrected chi connectivity index (χ1v) is 9.26. The summed E-state index contributed by atoms with van der Waals surface area (Å²) in [5.74, 6) is 0.993. The maximum atomic E-state index is 12.7. The van der Waals surface area contributed by atoms with E-state index < -0.39 is 0 Å². The lowest BCUT2D eigenvalue weighted by Gasteiger charge is -2.39. The molecule has 2 bridgehead atoms. The predicted octanol–water partition coefficient (Wildman–Crippen LogP) is 2.70. The van der Waals surface area contributed by atoms with Crippen LogP contribution in [-0.2, 0) is 0 Å². The van der Waals surface area contributed by atoms with Gasteiger partial charge in [0.05, 0.1) is 5.56 Å². The summed E-state index contributed by atoms with van der Waals surface area (Å²) in [7, 11) is 0. The van der Waals surface area contributed by atoms with Crippen molar-refractivity contribution in [1.82, 2.24) is 20.2 Å². The molecular weight excluding hydrogens is 300 g/mol. The number of carbonyl (C=O) groups excluding carboxylic acids is 1. The van der Waals surface area contributed by atoms with Crippen LogP contribution in [0.1, 0.15) is 48.9 Å². The number of amides is 1. The molecule has 2 atom stereocenters. The van der Waals surface area contributed by atoms with Crippen molar-refractivity contribution in [3.05, 3.63) is 30.1 Å². The quantitative estimate of drug-likeness (QED) is 0.909. The number of H-pyrrole nitrogens is 1. The van der Waals surface area contributed by atoms with Gasteiger partial charge in [-0.25, -0.2) is 4.98 Å². The van der Waals surface area contributed by atoms with Crippen LogP contribution in [0.15, 0.2) is 24.5 Å². The summed E-state index contributed by atoms with van der Waals surface area (Å²) in [6, 6.07) is 5.50. The van der Waals surface area contributed by atoms with Crippen LogP contribution in [0.2, 0.25) is 0 Å². The molecule has 2 aromatic heterocycles. The number of nitrogens with zero attached hydrogens (tertiary/aromatic N) is 2. The molecule has 5 nitrogen and oxygen atoms in total. The minimum Gasteiger partial charge on any atom is -0.349 e. The van der Waals surface area contributed by atoms with E-state index in [0.717, 1.165) is 29.8 Å². The molecule has 24 heavy (non-hydrogen) atoms. The van der Waals surface area contributed by atoms with E-state index in [2.05, 4.69) is 20.2 Å². The zero-order chi connectivity index (χ0) is 16.1. The molecule has 0 spiro atoms. The van der Waals surface area contributed by atoms with Gasteiger partial charge < -0.3 is 10.3 Å². The Morgan fingerprint density at radius 2 is 2.04 bits per heavy atom. The molecule has 5 rings (SSSR count). The minimum absolute atomic E-state index is 0.0364. The number of carbonyl (C=O) groups is 1. The minimum atomic E-state index is 0.0364. The van der Waals surface area contributed by atoms with E-state index >= 15 is 0 Å². The van der Waals surface area contributed by atoms with Crippen molar-refractivity contribution in [2.24, 2.45) is 5.92 Å². The molecule has 1 aliphatic carbocycles. The van der Waals surface area contributed by atoms with Crippen molar-refractivity contribution < 1.29 is 4.79 Å². The third-order valence-electron chi connectivity index (χ3n) is 6.08. The van der Waals surface area contributed by atoms with Crippen LogP contribution in [0.3, 0.4) is 0 Å². The highest BCUT2D eigenvalue weighted by Gasteiger charge is 2.42. The van der Waals surface area contributed by atoms with Gasteiger partial charge in [-0.2, -0.15) is 0 Å². The molecule has 2 N–H and O–H groups in total. The summed E-state index contributed by atoms with van der Waals surface area (Å²) in [5.41, 5.74) is 1.49. The molecule has 2 saturated heterocycles. The summed E-state index contributed by atoms with van der Waals surface area (Å²) >= 11 is 0. The number of aromatic nitrogens is 2. The first-order valence-electron chi connectivity index (χ1n) is 9.26. The van der Waals surface area contributed by atoms with E-state index in [1.807, 2.05) is 12.1 Å². The zero-order valence-electron chi connectivity index (χ0n) is 13.9. The lowest BCUT2D eigenvalue weighted by molar-refractivity contribution is 0.0836. The van der Waals surface area contributed by atoms with Crippen molar-refractivity contribution in [3.8, 4) is 0 Å². The van der Waals surface area contributed by atoms with Gasteiger partial charge in [0.2, 0.25) is 0 Å². The maximum absolute atomic E-state index is 12.7. The Hall–Kier alpha value is -1.88. The molecule has 2 unspecified atom stereocenters. The van der Waals surface area contributed by atoms with Gasteiger partial charge in [-0.05, 0) is 56.6 Å². The zero-order valence-corrected chi connectivity index (χ0v) is 13.9. The third kappa shape index (κ3) is 2.51. The van der Waals surface area contributed by atoms with Crippen LogP contribution in [0.4, 0.5) is 0 Å². The number of nitrogens with one attached hydrogen (secondary N) is 2. The fourth-order valence-electron chi connectivity index (χ4n) is 4.70. The molecule has 2 aromatic rings. The lowest BCUT2D eigenvalue weighted by Crippen LogP contribution is -2.50. The number of piperidine rings is 1. The molecule has 2 aliphatic heterocycles. The smallest absolute Gasteiger partial charge is 0.253 e. The molecule has 126 valence electrons. The Morgan fingerprint density at radius 3 is 2.79 bits per heavy atom. The van der Waals surface area contributed by atoms with E-state index in [4.69, 9.17) is 0 Å². The molecule has 1 saturated carbocycles. The van der Waals surface area contributed by atoms with Gasteiger partial charge in [-0.15, -0.1) is 0 Å². The Balaban J connectivity index is 1.28. The van der Waals surface area contributed by atoms with Gasteiger partial charge in [0.25, 0.3) is 5.91 Å². The van der Waals surface area contributed by atoms with E-state index in [0.29, 0.717) is 23.7 Å². The number of aromatic amines is 1. The summed E-state index contributed by atoms with van der Waals surface area (Å²) in [4.78, 5) is 22.8. The second-order valence-corrected chi connectivity index (χ2v) is 7.77. The number of hydrogen-bond acceptors (Lipinski definition) is 3. The van der Waals surface area contributed by atoms with Crippen molar-refractivity contribution in [2.75, 3.05) is 6.54 Å². The number of hydrogen-bond donors (Lipinski definition) is 2. The van der Waals surface area contributed by atoms with E-state index in [1.165, 1.54) is 32.2 Å². The van der Waals surface area contributed by atoms with Gasteiger partial charge in [0.1, 0.15) is 5.65 Å². The number of fused-ring (bicyclic) bond motifs is 3. The SMILES string of the molecule is O=C(NC1CC2CCC(C1)N2CC1CC1)c1c[nH]c2ncccc12. The summed E-state index contributed by atoms with van der Waals surface area (Å²) in [6.07, 6.45) is 11.2. The monoisotopic (exact) mass is 324 g/mol. The van der Waals surface area contributed by atoms with Crippen LogP contribution >= 0.6 is 0 Å². The van der Waals surface area contributed by atoms with Crippen LogP contribution < -0.4 is 5.32 Å². The van der Waals surface area contributed by atoms with Crippen LogP contribution in [0.5, 0.6) is 0 Å². The lowest BCUT2D eigenvalue weighted by atomic mass is 9.96. The molecule has 0 aromatic carbocycles. The topological polar surface area (TPSA) is 61.0 Å². The summed E-state index contributed by atoms with van der Waals surface area (Å²) in [5, 5.41) is 4.20. The molecule has 4 heterocycles. The van der Waals surface area contributed by atoms with Crippen molar-refractivity contribution >= 4 is 16.9 Å². The van der Waals surface area contributed by atoms with Crippen LogP contribution in [0, 0.1) is 5.92 Å². The standard InChI is InChI=1S/C19H24N4O/c24-19(17-10-21-18-16(17)2-1-7-20-18)22-13-8-14-5-6-15(9-13)23(14)11-12-3-4-12/h1-2,7,10,12-15H,3-6,8-9,11H2,(H,20,21)(H,22,24). The Morgan fingerprint density at radius 1 is 1.25 bits per heavy atom. The van der Waals surface area contributed by atoms with Crippen molar-refractivity contribution in [1.29, 1.82) is 0 Å². The first kappa shape index (κ1) is 14.5. The second kappa shape index (κ2) is 5.59. The van der Waals surface area contributed by atoms with Gasteiger partial charge in [0, 0.05) is 42.5 Å². The Bertz CT molecular complexity index is 752. The number of rotatable bonds is 4. The Kier molecular flexibility index (Phi) is 3.37. The van der Waals surface area contributed by atoms with Gasteiger partial charge in [-0.1, -0.05) is 0 Å². The highest BCUT2D eigenvalue weighted by Crippen LogP contribution is 2.40. The average Bonchev–Trinajstić information content (AvgIpc) is 3.24. The predicted molar refractivity (Wildman–Crippen MR) is 92.8 cm³/mol. The summed E-state index contributed by atoms with van der Waals surface area (Å²) in [6.45, 7) is 1.30. The normalized spacial score (nSPS) is 29.9. The summed E-state index contributed by atoms with van der Waals surface area (Å²) < 4.78 is 0. The number of pyridine rings is 1. The highest BCUT2D eigenvalue weighted by molar-refractivity contribution is 6.05.